The second kappa shape index (κ2) is 9.70. The van der Waals surface area contributed by atoms with E-state index < -0.39 is 17.1 Å². The molecule has 1 aromatic carbocycles. The largest absolute Gasteiger partial charge is 0.445 e. The molecule has 2 saturated heterocycles. The van der Waals surface area contributed by atoms with Crippen LogP contribution in [0.3, 0.4) is 0 Å². The van der Waals surface area contributed by atoms with Crippen LogP contribution in [0.5, 0.6) is 0 Å². The molecule has 1 N–H and O–H groups in total. The van der Waals surface area contributed by atoms with Gasteiger partial charge in [0, 0.05) is 44.9 Å². The second-order valence-electron chi connectivity index (χ2n) is 6.96. The van der Waals surface area contributed by atoms with Gasteiger partial charge in [0.25, 0.3) is 5.69 Å². The minimum atomic E-state index is -0.522. The maximum atomic E-state index is 12.9. The first-order chi connectivity index (χ1) is 13.0. The molecule has 10 heteroatoms. The summed E-state index contributed by atoms with van der Waals surface area (Å²) in [6.45, 7) is 5.30. The van der Waals surface area contributed by atoms with Crippen molar-refractivity contribution < 1.29 is 19.2 Å². The summed E-state index contributed by atoms with van der Waals surface area (Å²) < 4.78 is 5.36. The molecule has 28 heavy (non-hydrogen) atoms. The third kappa shape index (κ3) is 4.90. The number of hydrogen-bond acceptors (Lipinski definition) is 6. The standard InChI is InChI=1S/C18H24N4O5.ClH/c1-13-6-9-21(16(13)17(23)20-10-7-19-8-11-20)18(24)27-12-14-2-4-15(5-3-14)22(25)26;/h2-5,13,16,19H,6-12H2,1H3;1H/t13-,16?;/m0./s1. The topological polar surface area (TPSA) is 105 Å². The Kier molecular flexibility index (Phi) is 7.59. The van der Waals surface area contributed by atoms with Crippen molar-refractivity contribution in [3.8, 4) is 0 Å². The highest BCUT2D eigenvalue weighted by atomic mass is 35.5. The third-order valence-electron chi connectivity index (χ3n) is 5.13. The van der Waals surface area contributed by atoms with Crippen molar-refractivity contribution in [3.63, 3.8) is 0 Å². The van der Waals surface area contributed by atoms with Gasteiger partial charge in [-0.05, 0) is 30.0 Å². The second-order valence-corrected chi connectivity index (χ2v) is 6.96. The van der Waals surface area contributed by atoms with Crippen LogP contribution in [0.4, 0.5) is 10.5 Å². The number of amides is 2. The summed E-state index contributed by atoms with van der Waals surface area (Å²) in [6, 6.07) is 5.37. The van der Waals surface area contributed by atoms with Crippen molar-refractivity contribution in [3.05, 3.63) is 39.9 Å². The van der Waals surface area contributed by atoms with Crippen molar-refractivity contribution in [2.45, 2.75) is 26.0 Å². The number of nitro benzene ring substituents is 1. The lowest BCUT2D eigenvalue weighted by molar-refractivity contribution is -0.384. The van der Waals surface area contributed by atoms with E-state index in [1.807, 2.05) is 6.92 Å². The van der Waals surface area contributed by atoms with Gasteiger partial charge >= 0.3 is 6.09 Å². The SMILES string of the molecule is C[C@H]1CCN(C(=O)OCc2ccc([N+](=O)[O-])cc2)C1C(=O)N1CCNCC1.Cl. The van der Waals surface area contributed by atoms with E-state index in [0.29, 0.717) is 25.2 Å². The van der Waals surface area contributed by atoms with Gasteiger partial charge in [0.2, 0.25) is 5.91 Å². The van der Waals surface area contributed by atoms with E-state index in [-0.39, 0.29) is 36.5 Å². The predicted octanol–water partition coefficient (Wildman–Crippen LogP) is 1.80. The lowest BCUT2D eigenvalue weighted by Gasteiger charge is -2.33. The van der Waals surface area contributed by atoms with Crippen molar-refractivity contribution in [1.29, 1.82) is 0 Å². The molecule has 2 atom stereocenters. The number of ether oxygens (including phenoxy) is 1. The molecule has 1 aromatic rings. The van der Waals surface area contributed by atoms with Crippen LogP contribution >= 0.6 is 12.4 Å². The summed E-state index contributed by atoms with van der Waals surface area (Å²) in [7, 11) is 0. The number of nitro groups is 1. The zero-order valence-electron chi connectivity index (χ0n) is 15.7. The first kappa shape index (κ1) is 21.9. The Bertz CT molecular complexity index is 708. The van der Waals surface area contributed by atoms with Crippen molar-refractivity contribution in [1.82, 2.24) is 15.1 Å². The van der Waals surface area contributed by atoms with E-state index >= 15 is 0 Å². The highest BCUT2D eigenvalue weighted by molar-refractivity contribution is 5.86. The van der Waals surface area contributed by atoms with E-state index in [0.717, 1.165) is 19.5 Å². The average Bonchev–Trinajstić information content (AvgIpc) is 3.08. The van der Waals surface area contributed by atoms with Crippen LogP contribution in [0.15, 0.2) is 24.3 Å². The summed E-state index contributed by atoms with van der Waals surface area (Å²) in [5, 5.41) is 13.9. The Labute approximate surface area is 169 Å². The van der Waals surface area contributed by atoms with Crippen molar-refractivity contribution in [2.24, 2.45) is 5.92 Å². The molecule has 0 aromatic heterocycles. The first-order valence-corrected chi connectivity index (χ1v) is 9.13. The average molecular weight is 413 g/mol. The van der Waals surface area contributed by atoms with Crippen LogP contribution in [0.1, 0.15) is 18.9 Å². The summed E-state index contributed by atoms with van der Waals surface area (Å²) in [4.78, 5) is 39.0. The number of carbonyl (C=O) groups excluding carboxylic acids is 2. The molecule has 2 aliphatic heterocycles. The monoisotopic (exact) mass is 412 g/mol. The van der Waals surface area contributed by atoms with Crippen molar-refractivity contribution >= 4 is 30.1 Å². The molecule has 2 heterocycles. The molecule has 2 aliphatic rings. The molecule has 0 aliphatic carbocycles. The minimum Gasteiger partial charge on any atom is -0.445 e. The molecule has 0 bridgehead atoms. The van der Waals surface area contributed by atoms with E-state index in [9.17, 15) is 19.7 Å². The molecular weight excluding hydrogens is 388 g/mol. The Morgan fingerprint density at radius 2 is 1.86 bits per heavy atom. The Morgan fingerprint density at radius 1 is 1.21 bits per heavy atom. The lowest BCUT2D eigenvalue weighted by Crippen LogP contribution is -2.54. The molecular formula is C18H25ClN4O5. The third-order valence-corrected chi connectivity index (χ3v) is 5.13. The molecule has 0 saturated carbocycles. The van der Waals surface area contributed by atoms with Gasteiger partial charge in [-0.15, -0.1) is 12.4 Å². The highest BCUT2D eigenvalue weighted by Gasteiger charge is 2.42. The van der Waals surface area contributed by atoms with E-state index in [4.69, 9.17) is 4.74 Å². The normalized spacial score (nSPS) is 21.8. The minimum absolute atomic E-state index is 0. The number of nitrogens with zero attached hydrogens (tertiary/aromatic N) is 3. The predicted molar refractivity (Wildman–Crippen MR) is 104 cm³/mol. The molecule has 0 spiro atoms. The van der Waals surface area contributed by atoms with Gasteiger partial charge in [0.15, 0.2) is 0 Å². The van der Waals surface area contributed by atoms with Gasteiger partial charge in [-0.2, -0.15) is 0 Å². The number of likely N-dealkylation sites (tertiary alicyclic amines) is 1. The van der Waals surface area contributed by atoms with Crippen LogP contribution < -0.4 is 5.32 Å². The quantitative estimate of drug-likeness (QED) is 0.597. The Morgan fingerprint density at radius 3 is 2.46 bits per heavy atom. The number of non-ortho nitro benzene ring substituents is 1. The van der Waals surface area contributed by atoms with Crippen LogP contribution in [0.2, 0.25) is 0 Å². The van der Waals surface area contributed by atoms with Crippen LogP contribution in [0.25, 0.3) is 0 Å². The number of nitrogens with one attached hydrogen (secondary N) is 1. The van der Waals surface area contributed by atoms with Gasteiger partial charge in [-0.1, -0.05) is 6.92 Å². The van der Waals surface area contributed by atoms with Gasteiger partial charge < -0.3 is 15.0 Å². The summed E-state index contributed by atoms with van der Waals surface area (Å²) in [5.74, 6) is 0.0631. The number of hydrogen-bond donors (Lipinski definition) is 1. The van der Waals surface area contributed by atoms with E-state index in [1.165, 1.54) is 17.0 Å². The van der Waals surface area contributed by atoms with E-state index in [2.05, 4.69) is 5.32 Å². The van der Waals surface area contributed by atoms with Crippen LogP contribution in [-0.4, -0.2) is 65.5 Å². The zero-order chi connectivity index (χ0) is 19.4. The number of carbonyl (C=O) groups is 2. The lowest BCUT2D eigenvalue weighted by atomic mass is 10.0. The smallest absolute Gasteiger partial charge is 0.410 e. The fourth-order valence-electron chi connectivity index (χ4n) is 3.54. The van der Waals surface area contributed by atoms with E-state index in [1.54, 1.807) is 17.0 Å². The Balaban J connectivity index is 0.00000280. The maximum absolute atomic E-state index is 12.9. The van der Waals surface area contributed by atoms with Gasteiger partial charge in [-0.25, -0.2) is 4.79 Å². The molecule has 154 valence electrons. The number of benzene rings is 1. The molecule has 3 rings (SSSR count). The summed E-state index contributed by atoms with van der Waals surface area (Å²) in [6.07, 6.45) is 0.237. The molecule has 9 nitrogen and oxygen atoms in total. The molecule has 0 radical (unpaired) electrons. The summed E-state index contributed by atoms with van der Waals surface area (Å²) in [5.41, 5.74) is 0.645. The fraction of sp³-hybridized carbons (Fsp3) is 0.556. The highest BCUT2D eigenvalue weighted by Crippen LogP contribution is 2.27. The van der Waals surface area contributed by atoms with Crippen LogP contribution in [-0.2, 0) is 16.1 Å². The fourth-order valence-corrected chi connectivity index (χ4v) is 3.54. The van der Waals surface area contributed by atoms with Gasteiger partial charge in [0.1, 0.15) is 12.6 Å². The first-order valence-electron chi connectivity index (χ1n) is 9.13. The Hall–Kier alpha value is -2.39. The number of piperazine rings is 1. The van der Waals surface area contributed by atoms with Gasteiger partial charge in [-0.3, -0.25) is 19.8 Å². The number of rotatable bonds is 4. The maximum Gasteiger partial charge on any atom is 0.410 e. The van der Waals surface area contributed by atoms with Gasteiger partial charge in [0.05, 0.1) is 4.92 Å². The molecule has 2 amide bonds. The van der Waals surface area contributed by atoms with Crippen molar-refractivity contribution in [2.75, 3.05) is 32.7 Å². The summed E-state index contributed by atoms with van der Waals surface area (Å²) >= 11 is 0. The zero-order valence-corrected chi connectivity index (χ0v) is 16.5. The molecule has 2 fully saturated rings. The van der Waals surface area contributed by atoms with Crippen LogP contribution in [0, 0.1) is 16.0 Å². The number of halogens is 1. The molecule has 1 unspecified atom stereocenters.